The fraction of sp³-hybridized carbons (Fsp3) is 0.769. The van der Waals surface area contributed by atoms with Gasteiger partial charge in [0.25, 0.3) is 0 Å². The number of nitrogens with zero attached hydrogens (tertiary/aromatic N) is 2. The van der Waals surface area contributed by atoms with Crippen LogP contribution in [0.15, 0.2) is 12.4 Å². The Labute approximate surface area is 115 Å². The van der Waals surface area contributed by atoms with Crippen LogP contribution < -0.4 is 5.46 Å². The Kier molecular flexibility index (Phi) is 3.77. The molecule has 1 aliphatic heterocycles. The van der Waals surface area contributed by atoms with Gasteiger partial charge in [-0.2, -0.15) is 5.10 Å². The average Bonchev–Trinajstić information content (AvgIpc) is 2.83. The summed E-state index contributed by atoms with van der Waals surface area (Å²) in [6, 6.07) is 0.196. The molecule has 0 N–H and O–H groups in total. The molecular weight excluding hydrogens is 243 g/mol. The highest BCUT2D eigenvalue weighted by Gasteiger charge is 2.52. The van der Waals surface area contributed by atoms with Crippen LogP contribution in [0.1, 0.15) is 40.7 Å². The molecule has 0 amide bonds. The molecule has 1 fully saturated rings. The van der Waals surface area contributed by atoms with E-state index in [4.69, 9.17) is 14.0 Å². The Morgan fingerprint density at radius 2 is 1.89 bits per heavy atom. The van der Waals surface area contributed by atoms with Crippen molar-refractivity contribution in [2.24, 2.45) is 0 Å². The van der Waals surface area contributed by atoms with E-state index in [9.17, 15) is 0 Å². The van der Waals surface area contributed by atoms with Crippen molar-refractivity contribution in [3.8, 4) is 0 Å². The first-order chi connectivity index (χ1) is 8.77. The second-order valence-electron chi connectivity index (χ2n) is 6.15. The summed E-state index contributed by atoms with van der Waals surface area (Å²) < 4.78 is 19.0. The van der Waals surface area contributed by atoms with Crippen LogP contribution in [0.5, 0.6) is 0 Å². The summed E-state index contributed by atoms with van der Waals surface area (Å²) in [4.78, 5) is 0. The van der Waals surface area contributed by atoms with Gasteiger partial charge in [0.05, 0.1) is 23.9 Å². The number of methoxy groups -OCH3 is 1. The molecule has 0 aliphatic carbocycles. The molecule has 0 unspecified atom stereocenters. The molecular formula is C13H23BN2O3. The maximum absolute atomic E-state index is 6.00. The molecule has 106 valence electrons. The molecule has 0 saturated carbocycles. The maximum atomic E-state index is 6.00. The lowest BCUT2D eigenvalue weighted by molar-refractivity contribution is 0.00578. The SMILES string of the molecule is COC[C@H](C)n1cc(B2OC(C)(C)C(C)(C)O2)cn1. The van der Waals surface area contributed by atoms with Crippen molar-refractivity contribution in [3.05, 3.63) is 12.4 Å². The van der Waals surface area contributed by atoms with Crippen LogP contribution >= 0.6 is 0 Å². The first kappa shape index (κ1) is 14.6. The van der Waals surface area contributed by atoms with Gasteiger partial charge in [0, 0.05) is 25.0 Å². The molecule has 19 heavy (non-hydrogen) atoms. The largest absolute Gasteiger partial charge is 0.498 e. The van der Waals surface area contributed by atoms with Gasteiger partial charge in [-0.05, 0) is 34.6 Å². The van der Waals surface area contributed by atoms with E-state index < -0.39 is 0 Å². The summed E-state index contributed by atoms with van der Waals surface area (Å²) in [5, 5.41) is 4.35. The standard InChI is InChI=1S/C13H23BN2O3/c1-10(9-17-6)16-8-11(7-15-16)14-18-12(2,3)13(4,5)19-14/h7-8,10H,9H2,1-6H3/t10-/m0/s1. The van der Waals surface area contributed by atoms with Gasteiger partial charge in [-0.25, -0.2) is 0 Å². The monoisotopic (exact) mass is 266 g/mol. The van der Waals surface area contributed by atoms with Crippen LogP contribution in [-0.4, -0.2) is 41.8 Å². The van der Waals surface area contributed by atoms with Gasteiger partial charge in [-0.1, -0.05) is 0 Å². The second kappa shape index (κ2) is 4.92. The molecule has 1 aromatic heterocycles. The number of ether oxygens (including phenoxy) is 1. The zero-order chi connectivity index (χ0) is 14.3. The van der Waals surface area contributed by atoms with Crippen molar-refractivity contribution in [1.82, 2.24) is 9.78 Å². The zero-order valence-corrected chi connectivity index (χ0v) is 12.6. The third kappa shape index (κ3) is 2.71. The first-order valence-corrected chi connectivity index (χ1v) is 6.65. The topological polar surface area (TPSA) is 45.5 Å². The van der Waals surface area contributed by atoms with Gasteiger partial charge in [0.2, 0.25) is 0 Å². The van der Waals surface area contributed by atoms with Crippen molar-refractivity contribution in [2.75, 3.05) is 13.7 Å². The number of hydrogen-bond donors (Lipinski definition) is 0. The molecule has 1 atom stereocenters. The normalized spacial score (nSPS) is 22.7. The summed E-state index contributed by atoms with van der Waals surface area (Å²) in [7, 11) is 1.34. The lowest BCUT2D eigenvalue weighted by Crippen LogP contribution is -2.41. The lowest BCUT2D eigenvalue weighted by Gasteiger charge is -2.32. The van der Waals surface area contributed by atoms with Crippen LogP contribution in [-0.2, 0) is 14.0 Å². The molecule has 0 bridgehead atoms. The van der Waals surface area contributed by atoms with Crippen LogP contribution in [0.4, 0.5) is 0 Å². The molecule has 1 aromatic rings. The van der Waals surface area contributed by atoms with Gasteiger partial charge >= 0.3 is 7.12 Å². The van der Waals surface area contributed by atoms with E-state index in [-0.39, 0.29) is 24.4 Å². The number of hydrogen-bond acceptors (Lipinski definition) is 4. The fourth-order valence-electron chi connectivity index (χ4n) is 2.01. The minimum Gasteiger partial charge on any atom is -0.399 e. The summed E-state index contributed by atoms with van der Waals surface area (Å²) in [5.74, 6) is 0. The Hall–Kier alpha value is -0.845. The van der Waals surface area contributed by atoms with Crippen molar-refractivity contribution >= 4 is 12.6 Å². The zero-order valence-electron chi connectivity index (χ0n) is 12.6. The highest BCUT2D eigenvalue weighted by atomic mass is 16.7. The van der Waals surface area contributed by atoms with Gasteiger partial charge < -0.3 is 14.0 Å². The van der Waals surface area contributed by atoms with Crippen molar-refractivity contribution in [1.29, 1.82) is 0 Å². The predicted octanol–water partition coefficient (Wildman–Crippen LogP) is 1.39. The third-order valence-corrected chi connectivity index (χ3v) is 4.01. The van der Waals surface area contributed by atoms with E-state index in [1.165, 1.54) is 0 Å². The Balaban J connectivity index is 2.13. The molecule has 5 nitrogen and oxygen atoms in total. The number of rotatable bonds is 4. The van der Waals surface area contributed by atoms with Crippen LogP contribution in [0.25, 0.3) is 0 Å². The highest BCUT2D eigenvalue weighted by Crippen LogP contribution is 2.36. The Bertz CT molecular complexity index is 429. The van der Waals surface area contributed by atoms with Crippen LogP contribution in [0, 0.1) is 0 Å². The van der Waals surface area contributed by atoms with Crippen molar-refractivity contribution in [3.63, 3.8) is 0 Å². The van der Waals surface area contributed by atoms with Crippen molar-refractivity contribution in [2.45, 2.75) is 51.9 Å². The molecule has 2 heterocycles. The highest BCUT2D eigenvalue weighted by molar-refractivity contribution is 6.61. The van der Waals surface area contributed by atoms with E-state index >= 15 is 0 Å². The molecule has 2 rings (SSSR count). The summed E-state index contributed by atoms with van der Waals surface area (Å²) in [5.41, 5.74) is 0.303. The summed E-state index contributed by atoms with van der Waals surface area (Å²) >= 11 is 0. The molecule has 0 spiro atoms. The van der Waals surface area contributed by atoms with Crippen LogP contribution in [0.2, 0.25) is 0 Å². The quantitative estimate of drug-likeness (QED) is 0.772. The lowest BCUT2D eigenvalue weighted by atomic mass is 9.82. The summed E-state index contributed by atoms with van der Waals surface area (Å²) in [6.45, 7) is 10.9. The van der Waals surface area contributed by atoms with Gasteiger partial charge in [0.1, 0.15) is 0 Å². The van der Waals surface area contributed by atoms with E-state index in [0.717, 1.165) is 5.46 Å². The van der Waals surface area contributed by atoms with Crippen molar-refractivity contribution < 1.29 is 14.0 Å². The molecule has 6 heteroatoms. The Morgan fingerprint density at radius 1 is 1.32 bits per heavy atom. The smallest absolute Gasteiger partial charge is 0.399 e. The van der Waals surface area contributed by atoms with E-state index in [0.29, 0.717) is 6.61 Å². The van der Waals surface area contributed by atoms with Gasteiger partial charge in [-0.3, -0.25) is 4.68 Å². The Morgan fingerprint density at radius 3 is 2.42 bits per heavy atom. The molecule has 1 aliphatic rings. The van der Waals surface area contributed by atoms with Gasteiger partial charge in [0.15, 0.2) is 0 Å². The number of aromatic nitrogens is 2. The second-order valence-corrected chi connectivity index (χ2v) is 6.15. The minimum absolute atomic E-state index is 0.196. The molecule has 0 aromatic carbocycles. The maximum Gasteiger partial charge on any atom is 0.498 e. The van der Waals surface area contributed by atoms with E-state index in [1.807, 2.05) is 38.6 Å². The summed E-state index contributed by atoms with van der Waals surface area (Å²) in [6.07, 6.45) is 3.76. The van der Waals surface area contributed by atoms with Crippen LogP contribution in [0.3, 0.4) is 0 Å². The third-order valence-electron chi connectivity index (χ3n) is 4.01. The first-order valence-electron chi connectivity index (χ1n) is 6.65. The molecule has 1 saturated heterocycles. The minimum atomic E-state index is -0.353. The van der Waals surface area contributed by atoms with E-state index in [2.05, 4.69) is 12.0 Å². The average molecular weight is 266 g/mol. The van der Waals surface area contributed by atoms with E-state index in [1.54, 1.807) is 13.3 Å². The predicted molar refractivity (Wildman–Crippen MR) is 74.5 cm³/mol. The molecule has 0 radical (unpaired) electrons. The fourth-order valence-corrected chi connectivity index (χ4v) is 2.01. The van der Waals surface area contributed by atoms with Gasteiger partial charge in [-0.15, -0.1) is 0 Å².